The quantitative estimate of drug-likeness (QED) is 0.872. The van der Waals surface area contributed by atoms with Gasteiger partial charge in [0.15, 0.2) is 0 Å². The van der Waals surface area contributed by atoms with Gasteiger partial charge in [0.05, 0.1) is 23.7 Å². The van der Waals surface area contributed by atoms with Gasteiger partial charge in [-0.15, -0.1) is 0 Å². The zero-order valence-electron chi connectivity index (χ0n) is 11.7. The van der Waals surface area contributed by atoms with Crippen LogP contribution < -0.4 is 4.90 Å². The Bertz CT molecular complexity index is 384. The molecule has 0 aromatic carbocycles. The second-order valence-electron chi connectivity index (χ2n) is 4.82. The number of hydrogen-bond donors (Lipinski definition) is 1. The molecule has 1 aliphatic heterocycles. The molecule has 106 valence electrons. The van der Waals surface area contributed by atoms with Crippen molar-refractivity contribution < 1.29 is 14.6 Å². The fourth-order valence-electron chi connectivity index (χ4n) is 2.40. The average Bonchev–Trinajstić information content (AvgIpc) is 2.89. The molecule has 3 atom stereocenters. The van der Waals surface area contributed by atoms with Crippen molar-refractivity contribution in [2.45, 2.75) is 31.7 Å². The van der Waals surface area contributed by atoms with Crippen LogP contribution in [0.5, 0.6) is 0 Å². The summed E-state index contributed by atoms with van der Waals surface area (Å²) in [5.74, 6) is 0. The Balaban J connectivity index is 2.07. The lowest BCUT2D eigenvalue weighted by molar-refractivity contribution is -0.00461. The van der Waals surface area contributed by atoms with E-state index in [1.165, 1.54) is 0 Å². The van der Waals surface area contributed by atoms with E-state index >= 15 is 0 Å². The first-order valence-corrected chi connectivity index (χ1v) is 6.64. The molecule has 1 N–H and O–H groups in total. The maximum atomic E-state index is 9.73. The van der Waals surface area contributed by atoms with Crippen LogP contribution in [0.15, 0.2) is 18.3 Å². The lowest BCUT2D eigenvalue weighted by atomic mass is 10.2. The van der Waals surface area contributed by atoms with Crippen LogP contribution in [0.3, 0.4) is 0 Å². The minimum atomic E-state index is -0.480. The SMILES string of the molecule is CC[C@@H](O)c1ccc(N2CC(OC)C(OC)C2)cn1. The number of ether oxygens (including phenoxy) is 2. The molecule has 2 unspecified atom stereocenters. The molecule has 0 saturated carbocycles. The van der Waals surface area contributed by atoms with Crippen molar-refractivity contribution >= 4 is 5.69 Å². The average molecular weight is 266 g/mol. The van der Waals surface area contributed by atoms with E-state index in [-0.39, 0.29) is 12.2 Å². The first-order valence-electron chi connectivity index (χ1n) is 6.64. The number of rotatable bonds is 5. The third-order valence-corrected chi connectivity index (χ3v) is 3.68. The fraction of sp³-hybridized carbons (Fsp3) is 0.643. The van der Waals surface area contributed by atoms with E-state index in [0.29, 0.717) is 6.42 Å². The summed E-state index contributed by atoms with van der Waals surface area (Å²) in [4.78, 5) is 6.51. The largest absolute Gasteiger partial charge is 0.387 e. The molecule has 1 aromatic heterocycles. The topological polar surface area (TPSA) is 54.8 Å². The highest BCUT2D eigenvalue weighted by Gasteiger charge is 2.33. The number of pyridine rings is 1. The molecule has 5 nitrogen and oxygen atoms in total. The number of aromatic nitrogens is 1. The first-order chi connectivity index (χ1) is 9.19. The highest BCUT2D eigenvalue weighted by Crippen LogP contribution is 2.24. The van der Waals surface area contributed by atoms with Gasteiger partial charge in [-0.3, -0.25) is 4.98 Å². The number of nitrogens with zero attached hydrogens (tertiary/aromatic N) is 2. The summed E-state index contributed by atoms with van der Waals surface area (Å²) in [6, 6.07) is 3.87. The fourth-order valence-corrected chi connectivity index (χ4v) is 2.40. The Hall–Kier alpha value is -1.17. The van der Waals surface area contributed by atoms with Crippen LogP contribution in [0.2, 0.25) is 0 Å². The molecule has 1 aliphatic rings. The lowest BCUT2D eigenvalue weighted by Gasteiger charge is -2.18. The Labute approximate surface area is 114 Å². The van der Waals surface area contributed by atoms with E-state index in [2.05, 4.69) is 9.88 Å². The lowest BCUT2D eigenvalue weighted by Crippen LogP contribution is -2.27. The van der Waals surface area contributed by atoms with Gasteiger partial charge in [-0.1, -0.05) is 6.92 Å². The molecule has 19 heavy (non-hydrogen) atoms. The molecule has 1 saturated heterocycles. The van der Waals surface area contributed by atoms with Gasteiger partial charge in [0.2, 0.25) is 0 Å². The molecule has 5 heteroatoms. The highest BCUT2D eigenvalue weighted by molar-refractivity contribution is 5.46. The second-order valence-corrected chi connectivity index (χ2v) is 4.82. The maximum absolute atomic E-state index is 9.73. The van der Waals surface area contributed by atoms with Crippen molar-refractivity contribution in [3.05, 3.63) is 24.0 Å². The molecule has 0 aliphatic carbocycles. The van der Waals surface area contributed by atoms with Crippen LogP contribution in [0.25, 0.3) is 0 Å². The Morgan fingerprint density at radius 3 is 2.37 bits per heavy atom. The molecular weight excluding hydrogens is 244 g/mol. The van der Waals surface area contributed by atoms with Crippen LogP contribution >= 0.6 is 0 Å². The zero-order valence-corrected chi connectivity index (χ0v) is 11.7. The van der Waals surface area contributed by atoms with E-state index in [1.807, 2.05) is 19.1 Å². The van der Waals surface area contributed by atoms with E-state index in [4.69, 9.17) is 9.47 Å². The van der Waals surface area contributed by atoms with Gasteiger partial charge in [0.25, 0.3) is 0 Å². The van der Waals surface area contributed by atoms with Gasteiger partial charge in [-0.25, -0.2) is 0 Å². The molecule has 0 amide bonds. The van der Waals surface area contributed by atoms with Crippen molar-refractivity contribution in [2.24, 2.45) is 0 Å². The number of aliphatic hydroxyl groups is 1. The highest BCUT2D eigenvalue weighted by atomic mass is 16.5. The molecule has 0 bridgehead atoms. The van der Waals surface area contributed by atoms with E-state index in [1.54, 1.807) is 20.4 Å². The number of anilines is 1. The summed E-state index contributed by atoms with van der Waals surface area (Å²) in [6.07, 6.45) is 2.18. The summed E-state index contributed by atoms with van der Waals surface area (Å²) in [5.41, 5.74) is 1.76. The van der Waals surface area contributed by atoms with Crippen molar-refractivity contribution in [1.29, 1.82) is 0 Å². The Kier molecular flexibility index (Phi) is 4.74. The van der Waals surface area contributed by atoms with Crippen LogP contribution in [-0.2, 0) is 9.47 Å². The second kappa shape index (κ2) is 6.32. The molecule has 2 heterocycles. The van der Waals surface area contributed by atoms with Gasteiger partial charge in [0.1, 0.15) is 12.2 Å². The van der Waals surface area contributed by atoms with Crippen molar-refractivity contribution in [3.63, 3.8) is 0 Å². The molecular formula is C14H22N2O3. The number of hydrogen-bond acceptors (Lipinski definition) is 5. The van der Waals surface area contributed by atoms with Crippen LogP contribution in [0.4, 0.5) is 5.69 Å². The van der Waals surface area contributed by atoms with E-state index < -0.39 is 6.10 Å². The minimum absolute atomic E-state index is 0.0888. The summed E-state index contributed by atoms with van der Waals surface area (Å²) in [5, 5.41) is 9.73. The summed E-state index contributed by atoms with van der Waals surface area (Å²) in [7, 11) is 3.41. The third kappa shape index (κ3) is 3.05. The van der Waals surface area contributed by atoms with Gasteiger partial charge in [0, 0.05) is 27.3 Å². The smallest absolute Gasteiger partial charge is 0.102 e. The van der Waals surface area contributed by atoms with Crippen molar-refractivity contribution in [1.82, 2.24) is 4.98 Å². The van der Waals surface area contributed by atoms with Crippen LogP contribution in [-0.4, -0.2) is 49.6 Å². The molecule has 0 radical (unpaired) electrons. The zero-order chi connectivity index (χ0) is 13.8. The third-order valence-electron chi connectivity index (χ3n) is 3.68. The van der Waals surface area contributed by atoms with Crippen LogP contribution in [0.1, 0.15) is 25.1 Å². The Morgan fingerprint density at radius 1 is 1.32 bits per heavy atom. The van der Waals surface area contributed by atoms with Crippen molar-refractivity contribution in [3.8, 4) is 0 Å². The van der Waals surface area contributed by atoms with Gasteiger partial charge in [-0.2, -0.15) is 0 Å². The maximum Gasteiger partial charge on any atom is 0.102 e. The van der Waals surface area contributed by atoms with Gasteiger partial charge in [-0.05, 0) is 18.6 Å². The summed E-state index contributed by atoms with van der Waals surface area (Å²) >= 11 is 0. The van der Waals surface area contributed by atoms with E-state index in [0.717, 1.165) is 24.5 Å². The summed E-state index contributed by atoms with van der Waals surface area (Å²) in [6.45, 7) is 3.53. The summed E-state index contributed by atoms with van der Waals surface area (Å²) < 4.78 is 10.8. The standard InChI is InChI=1S/C14H22N2O3/c1-4-12(17)11-6-5-10(7-15-11)16-8-13(18-2)14(9-16)19-3/h5-7,12-14,17H,4,8-9H2,1-3H3/t12-,13?,14?/m1/s1. The number of methoxy groups -OCH3 is 2. The van der Waals surface area contributed by atoms with Crippen molar-refractivity contribution in [2.75, 3.05) is 32.2 Å². The minimum Gasteiger partial charge on any atom is -0.387 e. The first kappa shape index (κ1) is 14.2. The monoisotopic (exact) mass is 266 g/mol. The van der Waals surface area contributed by atoms with Gasteiger partial charge < -0.3 is 19.5 Å². The molecule has 1 fully saturated rings. The van der Waals surface area contributed by atoms with E-state index in [9.17, 15) is 5.11 Å². The Morgan fingerprint density at radius 2 is 1.95 bits per heavy atom. The predicted octanol–water partition coefficient (Wildman–Crippen LogP) is 1.38. The molecule has 0 spiro atoms. The predicted molar refractivity (Wildman–Crippen MR) is 73.3 cm³/mol. The van der Waals surface area contributed by atoms with Crippen LogP contribution in [0, 0.1) is 0 Å². The normalized spacial score (nSPS) is 24.7. The molecule has 2 rings (SSSR count). The molecule has 1 aromatic rings. The number of aliphatic hydroxyl groups excluding tert-OH is 1. The van der Waals surface area contributed by atoms with Gasteiger partial charge >= 0.3 is 0 Å².